The first-order valence-electron chi connectivity index (χ1n) is 11.9. The number of hydrogen-bond acceptors (Lipinski definition) is 1. The third kappa shape index (κ3) is 6.12. The second-order valence-corrected chi connectivity index (χ2v) is 8.82. The van der Waals surface area contributed by atoms with Gasteiger partial charge in [0.15, 0.2) is 11.6 Å². The van der Waals surface area contributed by atoms with Crippen LogP contribution in [-0.4, -0.2) is 12.7 Å². The van der Waals surface area contributed by atoms with Crippen LogP contribution in [-0.2, 0) is 11.2 Å². The molecule has 1 saturated heterocycles. The molecule has 1 aliphatic heterocycles. The van der Waals surface area contributed by atoms with Gasteiger partial charge in [0.25, 0.3) is 0 Å². The predicted molar refractivity (Wildman–Crippen MR) is 121 cm³/mol. The van der Waals surface area contributed by atoms with Crippen LogP contribution in [0.25, 0.3) is 11.1 Å². The van der Waals surface area contributed by atoms with Gasteiger partial charge < -0.3 is 4.74 Å². The number of aryl methyl sites for hydroxylation is 1. The highest BCUT2D eigenvalue weighted by Gasteiger charge is 2.27. The molecule has 170 valence electrons. The Balaban J connectivity index is 1.63. The molecule has 0 saturated carbocycles. The van der Waals surface area contributed by atoms with Crippen molar-refractivity contribution in [1.29, 1.82) is 0 Å². The van der Waals surface area contributed by atoms with E-state index in [0.29, 0.717) is 29.7 Å². The number of halogens is 3. The normalized spacial score (nSPS) is 19.0. The highest BCUT2D eigenvalue weighted by atomic mass is 19.2. The van der Waals surface area contributed by atoms with Crippen molar-refractivity contribution in [1.82, 2.24) is 0 Å². The third-order valence-corrected chi connectivity index (χ3v) is 6.44. The Morgan fingerprint density at radius 1 is 0.871 bits per heavy atom. The smallest absolute Gasteiger partial charge is 0.166 e. The summed E-state index contributed by atoms with van der Waals surface area (Å²) in [7, 11) is 0. The summed E-state index contributed by atoms with van der Waals surface area (Å²) in [4.78, 5) is 0. The third-order valence-electron chi connectivity index (χ3n) is 6.44. The van der Waals surface area contributed by atoms with E-state index in [9.17, 15) is 13.2 Å². The van der Waals surface area contributed by atoms with Crippen LogP contribution >= 0.6 is 0 Å². The van der Waals surface area contributed by atoms with Crippen LogP contribution in [0.2, 0.25) is 0 Å². The molecule has 0 aromatic heterocycles. The number of hydrogen-bond donors (Lipinski definition) is 0. The lowest BCUT2D eigenvalue weighted by Crippen LogP contribution is -2.25. The van der Waals surface area contributed by atoms with E-state index in [4.69, 9.17) is 4.74 Å². The molecule has 2 aromatic carbocycles. The fourth-order valence-electron chi connectivity index (χ4n) is 4.54. The lowest BCUT2D eigenvalue weighted by molar-refractivity contribution is -0.00283. The molecule has 1 aliphatic rings. The van der Waals surface area contributed by atoms with Gasteiger partial charge in [-0.25, -0.2) is 13.2 Å². The van der Waals surface area contributed by atoms with Gasteiger partial charge in [0, 0.05) is 11.5 Å². The molecule has 2 unspecified atom stereocenters. The Hall–Kier alpha value is -1.81. The molecule has 4 heteroatoms. The van der Waals surface area contributed by atoms with Crippen molar-refractivity contribution < 1.29 is 17.9 Å². The number of rotatable bonds is 10. The Morgan fingerprint density at radius 3 is 2.35 bits per heavy atom. The quantitative estimate of drug-likeness (QED) is 0.343. The van der Waals surface area contributed by atoms with E-state index in [-0.39, 0.29) is 23.4 Å². The van der Waals surface area contributed by atoms with Gasteiger partial charge in [0.1, 0.15) is 5.82 Å². The zero-order valence-electron chi connectivity index (χ0n) is 18.9. The van der Waals surface area contributed by atoms with Gasteiger partial charge >= 0.3 is 0 Å². The number of ether oxygens (including phenoxy) is 1. The second kappa shape index (κ2) is 11.7. The molecular formula is C27H35F3O. The minimum Gasteiger partial charge on any atom is -0.378 e. The van der Waals surface area contributed by atoms with Gasteiger partial charge in [-0.05, 0) is 48.4 Å². The minimum atomic E-state index is -0.904. The summed E-state index contributed by atoms with van der Waals surface area (Å²) in [5.41, 5.74) is 1.43. The van der Waals surface area contributed by atoms with Crippen molar-refractivity contribution in [3.05, 3.63) is 58.9 Å². The second-order valence-electron chi connectivity index (χ2n) is 8.82. The first kappa shape index (κ1) is 23.8. The summed E-state index contributed by atoms with van der Waals surface area (Å²) in [6.45, 7) is 4.61. The molecule has 0 N–H and O–H groups in total. The lowest BCUT2D eigenvalue weighted by Gasteiger charge is -2.30. The maximum atomic E-state index is 14.9. The fourth-order valence-corrected chi connectivity index (χ4v) is 4.54. The Kier molecular flexibility index (Phi) is 9.01. The Morgan fingerprint density at radius 2 is 1.68 bits per heavy atom. The van der Waals surface area contributed by atoms with Crippen LogP contribution < -0.4 is 0 Å². The summed E-state index contributed by atoms with van der Waals surface area (Å²) in [5, 5.41) is 0. The fraction of sp³-hybridized carbons (Fsp3) is 0.556. The van der Waals surface area contributed by atoms with Crippen molar-refractivity contribution in [3.63, 3.8) is 0 Å². The van der Waals surface area contributed by atoms with Crippen molar-refractivity contribution in [3.8, 4) is 11.1 Å². The van der Waals surface area contributed by atoms with E-state index in [1.165, 1.54) is 38.2 Å². The zero-order chi connectivity index (χ0) is 22.2. The van der Waals surface area contributed by atoms with Crippen LogP contribution in [0.15, 0.2) is 30.3 Å². The SMILES string of the molecule is CCCCCCCC1CCC(c2ccc(-c3ccc(CCC)c(F)c3)c(F)c2F)CO1. The van der Waals surface area contributed by atoms with Crippen molar-refractivity contribution in [2.45, 2.75) is 90.1 Å². The summed E-state index contributed by atoms with van der Waals surface area (Å²) in [5.74, 6) is -2.24. The van der Waals surface area contributed by atoms with Crippen LogP contribution in [0.3, 0.4) is 0 Å². The minimum absolute atomic E-state index is 0.102. The van der Waals surface area contributed by atoms with Crippen molar-refractivity contribution in [2.75, 3.05) is 6.61 Å². The molecule has 0 radical (unpaired) electrons. The molecule has 0 amide bonds. The molecule has 0 bridgehead atoms. The zero-order valence-corrected chi connectivity index (χ0v) is 18.9. The number of benzene rings is 2. The van der Waals surface area contributed by atoms with E-state index >= 15 is 0 Å². The standard InChI is InChI=1S/C27H35F3O/c1-3-5-6-7-8-10-22-14-13-21(18-31-22)24-16-15-23(26(29)27(24)30)20-12-11-19(9-4-2)25(28)17-20/h11-12,15-17,21-22H,3-10,13-14,18H2,1-2H3. The molecule has 2 aromatic rings. The molecule has 1 nitrogen and oxygen atoms in total. The average Bonchev–Trinajstić information content (AvgIpc) is 2.78. The first-order chi connectivity index (χ1) is 15.0. The van der Waals surface area contributed by atoms with Gasteiger partial charge in [0.05, 0.1) is 12.7 Å². The summed E-state index contributed by atoms with van der Waals surface area (Å²) in [6, 6.07) is 7.85. The maximum absolute atomic E-state index is 14.9. The molecule has 2 atom stereocenters. The van der Waals surface area contributed by atoms with E-state index in [0.717, 1.165) is 25.7 Å². The van der Waals surface area contributed by atoms with Gasteiger partial charge in [0.2, 0.25) is 0 Å². The predicted octanol–water partition coefficient (Wildman–Crippen LogP) is 8.35. The summed E-state index contributed by atoms with van der Waals surface area (Å²) >= 11 is 0. The molecule has 0 spiro atoms. The van der Waals surface area contributed by atoms with Gasteiger partial charge in [-0.15, -0.1) is 0 Å². The monoisotopic (exact) mass is 432 g/mol. The maximum Gasteiger partial charge on any atom is 0.166 e. The Bertz CT molecular complexity index is 841. The van der Waals surface area contributed by atoms with Crippen LogP contribution in [0.4, 0.5) is 13.2 Å². The highest BCUT2D eigenvalue weighted by Crippen LogP contribution is 2.35. The summed E-state index contributed by atoms with van der Waals surface area (Å²) in [6.07, 6.45) is 10.6. The Labute approximate surface area is 185 Å². The molecule has 1 heterocycles. The van der Waals surface area contributed by atoms with Crippen LogP contribution in [0.5, 0.6) is 0 Å². The topological polar surface area (TPSA) is 9.23 Å². The summed E-state index contributed by atoms with van der Waals surface area (Å²) < 4.78 is 50.1. The van der Waals surface area contributed by atoms with Gasteiger partial charge in [-0.2, -0.15) is 0 Å². The van der Waals surface area contributed by atoms with Crippen LogP contribution in [0.1, 0.15) is 88.7 Å². The molecule has 31 heavy (non-hydrogen) atoms. The van der Waals surface area contributed by atoms with E-state index in [1.807, 2.05) is 6.92 Å². The van der Waals surface area contributed by atoms with Gasteiger partial charge in [-0.3, -0.25) is 0 Å². The van der Waals surface area contributed by atoms with E-state index in [2.05, 4.69) is 6.92 Å². The van der Waals surface area contributed by atoms with E-state index < -0.39 is 11.6 Å². The highest BCUT2D eigenvalue weighted by molar-refractivity contribution is 5.65. The lowest BCUT2D eigenvalue weighted by atomic mass is 9.88. The van der Waals surface area contributed by atoms with Gasteiger partial charge in [-0.1, -0.05) is 76.6 Å². The van der Waals surface area contributed by atoms with Crippen molar-refractivity contribution in [2.24, 2.45) is 0 Å². The molecule has 0 aliphatic carbocycles. The largest absolute Gasteiger partial charge is 0.378 e. The molecule has 1 fully saturated rings. The number of unbranched alkanes of at least 4 members (excludes halogenated alkanes) is 4. The first-order valence-corrected chi connectivity index (χ1v) is 11.9. The van der Waals surface area contributed by atoms with E-state index in [1.54, 1.807) is 24.3 Å². The van der Waals surface area contributed by atoms with Crippen LogP contribution in [0, 0.1) is 17.5 Å². The van der Waals surface area contributed by atoms with Crippen molar-refractivity contribution >= 4 is 0 Å². The molecular weight excluding hydrogens is 397 g/mol. The average molecular weight is 433 g/mol. The molecule has 3 rings (SSSR count).